The van der Waals surface area contributed by atoms with Gasteiger partial charge < -0.3 is 0 Å². The topological polar surface area (TPSA) is 3.24 Å². The van der Waals surface area contributed by atoms with E-state index in [0.717, 1.165) is 31.0 Å². The van der Waals surface area contributed by atoms with Gasteiger partial charge in [0.25, 0.3) is 0 Å². The zero-order valence-electron chi connectivity index (χ0n) is 11.0. The summed E-state index contributed by atoms with van der Waals surface area (Å²) in [4.78, 5) is 2.52. The second-order valence-corrected chi connectivity index (χ2v) is 5.55. The van der Waals surface area contributed by atoms with Crippen LogP contribution in [0.25, 0.3) is 0 Å². The molecule has 0 aromatic heterocycles. The van der Waals surface area contributed by atoms with Crippen LogP contribution in [-0.2, 0) is 6.54 Å². The quantitative estimate of drug-likeness (QED) is 0.727. The maximum Gasteiger partial charge on any atom is 0.123 e. The predicted molar refractivity (Wildman–Crippen MR) is 74.5 cm³/mol. The van der Waals surface area contributed by atoms with Crippen LogP contribution in [0.3, 0.4) is 0 Å². The molecule has 0 N–H and O–H groups in total. The first-order chi connectivity index (χ1) is 8.70. The van der Waals surface area contributed by atoms with Gasteiger partial charge in [-0.15, -0.1) is 11.6 Å². The van der Waals surface area contributed by atoms with E-state index >= 15 is 0 Å². The zero-order valence-corrected chi connectivity index (χ0v) is 11.7. The van der Waals surface area contributed by atoms with Gasteiger partial charge >= 0.3 is 0 Å². The van der Waals surface area contributed by atoms with Crippen LogP contribution in [-0.4, -0.2) is 23.4 Å². The predicted octanol–water partition coefficient (Wildman–Crippen LogP) is 4.12. The molecule has 1 heterocycles. The molecule has 2 rings (SSSR count). The molecule has 100 valence electrons. The summed E-state index contributed by atoms with van der Waals surface area (Å²) in [6.07, 6.45) is 4.82. The van der Waals surface area contributed by atoms with Gasteiger partial charge in [-0.2, -0.15) is 0 Å². The highest BCUT2D eigenvalue weighted by molar-refractivity contribution is 6.17. The Bertz CT molecular complexity index is 394. The maximum atomic E-state index is 13.1. The van der Waals surface area contributed by atoms with E-state index in [-0.39, 0.29) is 5.82 Å². The molecule has 0 aliphatic carbocycles. The molecule has 1 nitrogen and oxygen atoms in total. The molecule has 3 heteroatoms. The average molecular weight is 270 g/mol. The van der Waals surface area contributed by atoms with Crippen molar-refractivity contribution in [1.29, 1.82) is 0 Å². The molecule has 1 aliphatic rings. The van der Waals surface area contributed by atoms with Gasteiger partial charge in [0.05, 0.1) is 0 Å². The van der Waals surface area contributed by atoms with Crippen LogP contribution in [0, 0.1) is 12.7 Å². The number of benzene rings is 1. The number of hydrogen-bond donors (Lipinski definition) is 0. The summed E-state index contributed by atoms with van der Waals surface area (Å²) in [7, 11) is 0. The highest BCUT2D eigenvalue weighted by Gasteiger charge is 2.24. The summed E-state index contributed by atoms with van der Waals surface area (Å²) < 4.78 is 13.1. The Labute approximate surface area is 114 Å². The second-order valence-electron chi connectivity index (χ2n) is 5.17. The Morgan fingerprint density at radius 3 is 3.00 bits per heavy atom. The molecule has 0 spiro atoms. The van der Waals surface area contributed by atoms with Crippen molar-refractivity contribution in [2.75, 3.05) is 12.4 Å². The van der Waals surface area contributed by atoms with Gasteiger partial charge in [0.1, 0.15) is 5.82 Å². The Morgan fingerprint density at radius 1 is 1.44 bits per heavy atom. The maximum absolute atomic E-state index is 13.1. The molecule has 1 aromatic rings. The zero-order chi connectivity index (χ0) is 13.0. The first-order valence-electron chi connectivity index (χ1n) is 6.75. The van der Waals surface area contributed by atoms with Crippen LogP contribution in [0.2, 0.25) is 0 Å². The van der Waals surface area contributed by atoms with Crippen LogP contribution < -0.4 is 0 Å². The van der Waals surface area contributed by atoms with E-state index in [2.05, 4.69) is 4.90 Å². The standard InChI is InChI=1S/C15H21ClFN/c1-12-10-14(17)7-6-13(12)11-18-9-3-5-15(18)4-2-8-16/h6-7,10,15H,2-5,8-9,11H2,1H3. The normalized spacial score (nSPS) is 20.5. The van der Waals surface area contributed by atoms with Crippen molar-refractivity contribution in [3.8, 4) is 0 Å². The largest absolute Gasteiger partial charge is 0.296 e. The number of rotatable bonds is 5. The highest BCUT2D eigenvalue weighted by Crippen LogP contribution is 2.24. The van der Waals surface area contributed by atoms with Gasteiger partial charge in [0.15, 0.2) is 0 Å². The number of halogens is 2. The van der Waals surface area contributed by atoms with Crippen LogP contribution in [0.4, 0.5) is 4.39 Å². The molecule has 1 fully saturated rings. The smallest absolute Gasteiger partial charge is 0.123 e. The van der Waals surface area contributed by atoms with E-state index in [9.17, 15) is 4.39 Å². The number of nitrogens with zero attached hydrogens (tertiary/aromatic N) is 1. The first kappa shape index (κ1) is 13.8. The molecule has 1 aliphatic heterocycles. The number of likely N-dealkylation sites (tertiary alicyclic amines) is 1. The summed E-state index contributed by atoms with van der Waals surface area (Å²) in [5.41, 5.74) is 2.30. The van der Waals surface area contributed by atoms with Crippen molar-refractivity contribution in [3.05, 3.63) is 35.1 Å². The SMILES string of the molecule is Cc1cc(F)ccc1CN1CCCC1CCCCl. The lowest BCUT2D eigenvalue weighted by Gasteiger charge is -2.25. The van der Waals surface area contributed by atoms with Crippen LogP contribution >= 0.6 is 11.6 Å². The second kappa shape index (κ2) is 6.53. The van der Waals surface area contributed by atoms with E-state index in [1.807, 2.05) is 13.0 Å². The molecule has 18 heavy (non-hydrogen) atoms. The minimum absolute atomic E-state index is 0.142. The fraction of sp³-hybridized carbons (Fsp3) is 0.600. The van der Waals surface area contributed by atoms with E-state index in [0.29, 0.717) is 6.04 Å². The Balaban J connectivity index is 1.99. The van der Waals surface area contributed by atoms with Gasteiger partial charge in [0, 0.05) is 18.5 Å². The molecule has 0 radical (unpaired) electrons. The van der Waals surface area contributed by atoms with Gasteiger partial charge in [0.2, 0.25) is 0 Å². The Kier molecular flexibility index (Phi) is 5.02. The van der Waals surface area contributed by atoms with E-state index in [1.54, 1.807) is 12.1 Å². The first-order valence-corrected chi connectivity index (χ1v) is 7.29. The summed E-state index contributed by atoms with van der Waals surface area (Å²) in [5, 5.41) is 0. The molecule has 0 saturated carbocycles. The Hall–Kier alpha value is -0.600. The third-order valence-electron chi connectivity index (χ3n) is 3.85. The van der Waals surface area contributed by atoms with Gasteiger partial charge in [-0.25, -0.2) is 4.39 Å². The van der Waals surface area contributed by atoms with Crippen molar-refractivity contribution in [3.63, 3.8) is 0 Å². The lowest BCUT2D eigenvalue weighted by molar-refractivity contribution is 0.233. The summed E-state index contributed by atoms with van der Waals surface area (Å²) in [5.74, 6) is 0.608. The van der Waals surface area contributed by atoms with Crippen molar-refractivity contribution >= 4 is 11.6 Å². The molecule has 0 bridgehead atoms. The fourth-order valence-electron chi connectivity index (χ4n) is 2.80. The van der Waals surface area contributed by atoms with E-state index < -0.39 is 0 Å². The van der Waals surface area contributed by atoms with Crippen LogP contribution in [0.15, 0.2) is 18.2 Å². The minimum atomic E-state index is -0.142. The van der Waals surface area contributed by atoms with Gasteiger partial charge in [-0.05, 0) is 62.4 Å². The summed E-state index contributed by atoms with van der Waals surface area (Å²) in [6.45, 7) is 4.09. The van der Waals surface area contributed by atoms with Crippen molar-refractivity contribution in [2.24, 2.45) is 0 Å². The summed E-state index contributed by atoms with van der Waals surface area (Å²) in [6, 6.07) is 5.76. The molecular formula is C15H21ClFN. The molecule has 0 amide bonds. The molecule has 1 unspecified atom stereocenters. The summed E-state index contributed by atoms with van der Waals surface area (Å²) >= 11 is 5.77. The van der Waals surface area contributed by atoms with Crippen LogP contribution in [0.5, 0.6) is 0 Å². The molecular weight excluding hydrogens is 249 g/mol. The molecule has 1 atom stereocenters. The minimum Gasteiger partial charge on any atom is -0.296 e. The van der Waals surface area contributed by atoms with Gasteiger partial charge in [-0.1, -0.05) is 6.07 Å². The monoisotopic (exact) mass is 269 g/mol. The molecule has 1 saturated heterocycles. The fourth-order valence-corrected chi connectivity index (χ4v) is 2.95. The van der Waals surface area contributed by atoms with E-state index in [1.165, 1.54) is 24.8 Å². The Morgan fingerprint density at radius 2 is 2.28 bits per heavy atom. The van der Waals surface area contributed by atoms with E-state index in [4.69, 9.17) is 11.6 Å². The third-order valence-corrected chi connectivity index (χ3v) is 4.12. The third kappa shape index (κ3) is 3.46. The average Bonchev–Trinajstić information content (AvgIpc) is 2.77. The van der Waals surface area contributed by atoms with Crippen molar-refractivity contribution in [2.45, 2.75) is 45.2 Å². The molecule has 1 aromatic carbocycles. The van der Waals surface area contributed by atoms with Gasteiger partial charge in [-0.3, -0.25) is 4.90 Å². The van der Waals surface area contributed by atoms with Crippen LogP contribution in [0.1, 0.15) is 36.8 Å². The number of alkyl halides is 1. The van der Waals surface area contributed by atoms with Crippen molar-refractivity contribution in [1.82, 2.24) is 4.90 Å². The lowest BCUT2D eigenvalue weighted by atomic mass is 10.1. The lowest BCUT2D eigenvalue weighted by Crippen LogP contribution is -2.29. The number of aryl methyl sites for hydroxylation is 1. The highest BCUT2D eigenvalue weighted by atomic mass is 35.5. The number of hydrogen-bond acceptors (Lipinski definition) is 1. The van der Waals surface area contributed by atoms with Crippen molar-refractivity contribution < 1.29 is 4.39 Å².